The molecule has 0 spiro atoms. The Morgan fingerprint density at radius 1 is 1.06 bits per heavy atom. The number of aliphatic imine (C=N–C) groups is 1. The number of carbonyl (C=O) groups is 1. The van der Waals surface area contributed by atoms with E-state index >= 15 is 0 Å². The summed E-state index contributed by atoms with van der Waals surface area (Å²) in [6.45, 7) is 6.06. The van der Waals surface area contributed by atoms with Gasteiger partial charge in [-0.2, -0.15) is 0 Å². The first-order chi connectivity index (χ1) is 15.6. The van der Waals surface area contributed by atoms with Crippen LogP contribution in [0.1, 0.15) is 53.2 Å². The summed E-state index contributed by atoms with van der Waals surface area (Å²) in [5.74, 6) is 0.715. The lowest BCUT2D eigenvalue weighted by Gasteiger charge is -2.33. The number of nitrogens with one attached hydrogen (secondary N) is 3. The van der Waals surface area contributed by atoms with E-state index in [9.17, 15) is 4.79 Å². The Morgan fingerprint density at radius 2 is 1.82 bits per heavy atom. The van der Waals surface area contributed by atoms with Gasteiger partial charge in [-0.05, 0) is 61.6 Å². The van der Waals surface area contributed by atoms with Gasteiger partial charge in [-0.3, -0.25) is 14.7 Å². The van der Waals surface area contributed by atoms with Gasteiger partial charge in [0, 0.05) is 45.3 Å². The second-order valence-corrected chi connectivity index (χ2v) is 8.51. The fraction of sp³-hybridized carbons (Fsp3) is 0.462. The maximum Gasteiger partial charge on any atom is 0.251 e. The van der Waals surface area contributed by atoms with Gasteiger partial charge in [0.2, 0.25) is 0 Å². The number of carbonyl (C=O) groups excluding carboxylic acids is 1. The molecular formula is C26H38IN5O. The summed E-state index contributed by atoms with van der Waals surface area (Å²) in [5.41, 5.74) is 4.42. The minimum absolute atomic E-state index is 0. The highest BCUT2D eigenvalue weighted by molar-refractivity contribution is 14.0. The van der Waals surface area contributed by atoms with Crippen molar-refractivity contribution in [2.45, 2.75) is 51.7 Å². The zero-order chi connectivity index (χ0) is 22.8. The number of piperidine rings is 1. The average Bonchev–Trinajstić information content (AvgIpc) is 2.83. The fourth-order valence-electron chi connectivity index (χ4n) is 4.13. The maximum absolute atomic E-state index is 11.8. The molecule has 0 bridgehead atoms. The van der Waals surface area contributed by atoms with E-state index in [1.807, 2.05) is 24.3 Å². The van der Waals surface area contributed by atoms with Crippen molar-refractivity contribution in [2.75, 3.05) is 27.2 Å². The molecule has 1 amide bonds. The number of likely N-dealkylation sites (tertiary alicyclic amines) is 1. The van der Waals surface area contributed by atoms with Crippen LogP contribution < -0.4 is 16.0 Å². The van der Waals surface area contributed by atoms with E-state index in [0.717, 1.165) is 37.6 Å². The third-order valence-electron chi connectivity index (χ3n) is 6.16. The lowest BCUT2D eigenvalue weighted by molar-refractivity contribution is 0.0963. The fourth-order valence-corrected chi connectivity index (χ4v) is 4.13. The van der Waals surface area contributed by atoms with Gasteiger partial charge in [0.05, 0.1) is 0 Å². The molecule has 1 saturated heterocycles. The van der Waals surface area contributed by atoms with Crippen molar-refractivity contribution >= 4 is 35.8 Å². The van der Waals surface area contributed by atoms with E-state index in [1.54, 1.807) is 14.1 Å². The minimum Gasteiger partial charge on any atom is -0.356 e. The molecule has 1 atom stereocenters. The number of amides is 1. The quantitative estimate of drug-likeness (QED) is 0.259. The molecule has 6 nitrogen and oxygen atoms in total. The van der Waals surface area contributed by atoms with Crippen molar-refractivity contribution in [1.82, 2.24) is 20.9 Å². The highest BCUT2D eigenvalue weighted by Crippen LogP contribution is 2.19. The summed E-state index contributed by atoms with van der Waals surface area (Å²) in [4.78, 5) is 18.7. The van der Waals surface area contributed by atoms with Crippen LogP contribution in [-0.2, 0) is 19.5 Å². The number of benzene rings is 2. The zero-order valence-electron chi connectivity index (χ0n) is 20.1. The molecule has 0 aromatic heterocycles. The number of hydrogen-bond acceptors (Lipinski definition) is 3. The molecule has 0 radical (unpaired) electrons. The zero-order valence-corrected chi connectivity index (χ0v) is 22.4. The third-order valence-corrected chi connectivity index (χ3v) is 6.16. The van der Waals surface area contributed by atoms with Crippen LogP contribution in [0, 0.1) is 0 Å². The first-order valence-corrected chi connectivity index (χ1v) is 11.7. The molecular weight excluding hydrogens is 525 g/mol. The van der Waals surface area contributed by atoms with Crippen LogP contribution in [0.2, 0.25) is 0 Å². The van der Waals surface area contributed by atoms with Crippen molar-refractivity contribution < 1.29 is 4.79 Å². The monoisotopic (exact) mass is 563 g/mol. The third kappa shape index (κ3) is 8.62. The Balaban J connectivity index is 0.00000385. The van der Waals surface area contributed by atoms with Gasteiger partial charge in [0.15, 0.2) is 5.96 Å². The van der Waals surface area contributed by atoms with Crippen LogP contribution >= 0.6 is 24.0 Å². The SMILES string of the molecule is CN=C(NCCc1cccc(C(=O)NC)c1)NCc1ccc(CN2CCCCC2C)cc1.I. The molecule has 1 fully saturated rings. The smallest absolute Gasteiger partial charge is 0.251 e. The largest absolute Gasteiger partial charge is 0.356 e. The van der Waals surface area contributed by atoms with E-state index in [2.05, 4.69) is 57.0 Å². The lowest BCUT2D eigenvalue weighted by atomic mass is 10.0. The molecule has 1 heterocycles. The summed E-state index contributed by atoms with van der Waals surface area (Å²) in [6.07, 6.45) is 4.81. The highest BCUT2D eigenvalue weighted by atomic mass is 127. The molecule has 7 heteroatoms. The summed E-state index contributed by atoms with van der Waals surface area (Å²) in [7, 11) is 3.43. The van der Waals surface area contributed by atoms with E-state index in [1.165, 1.54) is 36.9 Å². The molecule has 0 saturated carbocycles. The molecule has 1 aliphatic heterocycles. The van der Waals surface area contributed by atoms with E-state index < -0.39 is 0 Å². The molecule has 0 aliphatic carbocycles. The first-order valence-electron chi connectivity index (χ1n) is 11.7. The Labute approximate surface area is 215 Å². The number of guanidine groups is 1. The molecule has 33 heavy (non-hydrogen) atoms. The Hall–Kier alpha value is -2.13. The Bertz CT molecular complexity index is 900. The normalized spacial score (nSPS) is 16.6. The topological polar surface area (TPSA) is 68.8 Å². The first kappa shape index (κ1) is 27.1. The van der Waals surface area contributed by atoms with Crippen molar-refractivity contribution in [3.05, 3.63) is 70.8 Å². The van der Waals surface area contributed by atoms with E-state index in [-0.39, 0.29) is 29.9 Å². The van der Waals surface area contributed by atoms with Crippen LogP contribution in [-0.4, -0.2) is 50.0 Å². The van der Waals surface area contributed by atoms with Gasteiger partial charge in [-0.15, -0.1) is 24.0 Å². The second-order valence-electron chi connectivity index (χ2n) is 8.51. The van der Waals surface area contributed by atoms with Gasteiger partial charge < -0.3 is 16.0 Å². The van der Waals surface area contributed by atoms with E-state index in [4.69, 9.17) is 0 Å². The average molecular weight is 564 g/mol. The minimum atomic E-state index is -0.0613. The van der Waals surface area contributed by atoms with Crippen LogP contribution in [0.4, 0.5) is 0 Å². The number of halogens is 1. The Kier molecular flexibility index (Phi) is 11.7. The standard InChI is InChI=1S/C26H37N5O.HI/c1-20-7-4-5-16-31(20)19-23-12-10-22(11-13-23)18-30-26(28-3)29-15-14-21-8-6-9-24(17-21)25(32)27-2;/h6,8-13,17,20H,4-5,7,14-16,18-19H2,1-3H3,(H,27,32)(H2,28,29,30);1H. The van der Waals surface area contributed by atoms with Gasteiger partial charge >= 0.3 is 0 Å². The Morgan fingerprint density at radius 3 is 2.52 bits per heavy atom. The predicted molar refractivity (Wildman–Crippen MR) is 147 cm³/mol. The predicted octanol–water partition coefficient (Wildman–Crippen LogP) is 3.95. The maximum atomic E-state index is 11.8. The van der Waals surface area contributed by atoms with Crippen LogP contribution in [0.25, 0.3) is 0 Å². The molecule has 180 valence electrons. The van der Waals surface area contributed by atoms with Crippen molar-refractivity contribution in [1.29, 1.82) is 0 Å². The molecule has 1 unspecified atom stereocenters. The summed E-state index contributed by atoms with van der Waals surface area (Å²) in [5, 5.41) is 9.40. The van der Waals surface area contributed by atoms with Crippen molar-refractivity contribution in [3.63, 3.8) is 0 Å². The van der Waals surface area contributed by atoms with Crippen molar-refractivity contribution in [2.24, 2.45) is 4.99 Å². The van der Waals surface area contributed by atoms with Crippen LogP contribution in [0.5, 0.6) is 0 Å². The summed E-state index contributed by atoms with van der Waals surface area (Å²) < 4.78 is 0. The molecule has 2 aromatic carbocycles. The van der Waals surface area contributed by atoms with Gasteiger partial charge in [-0.1, -0.05) is 42.8 Å². The van der Waals surface area contributed by atoms with Gasteiger partial charge in [-0.25, -0.2) is 0 Å². The van der Waals surface area contributed by atoms with Gasteiger partial charge in [0.1, 0.15) is 0 Å². The lowest BCUT2D eigenvalue weighted by Crippen LogP contribution is -2.38. The van der Waals surface area contributed by atoms with Crippen molar-refractivity contribution in [3.8, 4) is 0 Å². The molecule has 3 rings (SSSR count). The molecule has 2 aromatic rings. The molecule has 1 aliphatic rings. The number of rotatable bonds is 8. The van der Waals surface area contributed by atoms with Gasteiger partial charge in [0.25, 0.3) is 5.91 Å². The van der Waals surface area contributed by atoms with Crippen LogP contribution in [0.15, 0.2) is 53.5 Å². The molecule has 3 N–H and O–H groups in total. The summed E-state index contributed by atoms with van der Waals surface area (Å²) in [6, 6.07) is 17.3. The van der Waals surface area contributed by atoms with Crippen LogP contribution in [0.3, 0.4) is 0 Å². The summed E-state index contributed by atoms with van der Waals surface area (Å²) >= 11 is 0. The number of nitrogens with zero attached hydrogens (tertiary/aromatic N) is 2. The number of hydrogen-bond donors (Lipinski definition) is 3. The highest BCUT2D eigenvalue weighted by Gasteiger charge is 2.17. The van der Waals surface area contributed by atoms with E-state index in [0.29, 0.717) is 11.6 Å². The second kappa shape index (κ2) is 14.2.